The number of H-pyrrole nitrogens is 1. The highest BCUT2D eigenvalue weighted by atomic mass is 16.2. The Kier molecular flexibility index (Phi) is 4.89. The molecule has 0 saturated heterocycles. The number of hydrogen-bond donors (Lipinski definition) is 3. The van der Waals surface area contributed by atoms with Gasteiger partial charge < -0.3 is 10.3 Å². The molecule has 0 radical (unpaired) electrons. The molecule has 0 aliphatic carbocycles. The molecule has 6 aromatic rings. The van der Waals surface area contributed by atoms with Crippen molar-refractivity contribution in [1.29, 1.82) is 0 Å². The molecule has 35 heavy (non-hydrogen) atoms. The molecule has 0 fully saturated rings. The third kappa shape index (κ3) is 3.93. The molecular weight excluding hydrogens is 440 g/mol. The summed E-state index contributed by atoms with van der Waals surface area (Å²) in [6, 6.07) is 24.2. The number of rotatable bonds is 4. The average molecular weight is 458 g/mol. The maximum absolute atomic E-state index is 13.1. The van der Waals surface area contributed by atoms with E-state index in [1.54, 1.807) is 36.7 Å². The van der Waals surface area contributed by atoms with Gasteiger partial charge in [-0.25, -0.2) is 4.98 Å². The number of hydrogen-bond acceptors (Lipinski definition) is 5. The Bertz CT molecular complexity index is 1760. The minimum absolute atomic E-state index is 0.229. The van der Waals surface area contributed by atoms with Crippen molar-refractivity contribution >= 4 is 56.2 Å². The molecule has 3 heterocycles. The average Bonchev–Trinajstić information content (AvgIpc) is 3.30. The summed E-state index contributed by atoms with van der Waals surface area (Å²) in [7, 11) is 0. The van der Waals surface area contributed by atoms with Crippen LogP contribution in [0.25, 0.3) is 32.7 Å². The van der Waals surface area contributed by atoms with Crippen LogP contribution in [0.1, 0.15) is 20.8 Å². The standard InChI is InChI=1S/C27H18N6O2/c34-25(30-19-12-17-7-3-4-10-21(17)29-15-19)20-9-5-11-22-24(20)32-27(31-22)33-26(35)23-13-16-6-1-2-8-18(16)14-28-23/h1-15H,(H,30,34)(H2,31,32,33,35). The van der Waals surface area contributed by atoms with Crippen LogP contribution in [0.4, 0.5) is 11.6 Å². The second-order valence-electron chi connectivity index (χ2n) is 8.03. The molecule has 2 amide bonds. The van der Waals surface area contributed by atoms with Crippen LogP contribution < -0.4 is 10.6 Å². The Morgan fingerprint density at radius 3 is 2.40 bits per heavy atom. The fraction of sp³-hybridized carbons (Fsp3) is 0. The van der Waals surface area contributed by atoms with Gasteiger partial charge in [0, 0.05) is 17.0 Å². The number of fused-ring (bicyclic) bond motifs is 3. The van der Waals surface area contributed by atoms with Gasteiger partial charge in [-0.05, 0) is 35.7 Å². The van der Waals surface area contributed by atoms with Crippen molar-refractivity contribution in [3.8, 4) is 0 Å². The lowest BCUT2D eigenvalue weighted by Gasteiger charge is -2.06. The molecular formula is C27H18N6O2. The third-order valence-electron chi connectivity index (χ3n) is 5.70. The van der Waals surface area contributed by atoms with Crippen molar-refractivity contribution < 1.29 is 9.59 Å². The fourth-order valence-electron chi connectivity index (χ4n) is 3.99. The van der Waals surface area contributed by atoms with E-state index in [9.17, 15) is 9.59 Å². The van der Waals surface area contributed by atoms with Crippen molar-refractivity contribution in [3.05, 3.63) is 103 Å². The molecule has 0 saturated carbocycles. The summed E-state index contributed by atoms with van der Waals surface area (Å²) >= 11 is 0. The fourth-order valence-corrected chi connectivity index (χ4v) is 3.99. The zero-order valence-electron chi connectivity index (χ0n) is 18.3. The van der Waals surface area contributed by atoms with Crippen LogP contribution in [0.3, 0.4) is 0 Å². The number of carbonyl (C=O) groups excluding carboxylic acids is 2. The molecule has 3 N–H and O–H groups in total. The van der Waals surface area contributed by atoms with Crippen LogP contribution in [0, 0.1) is 0 Å². The van der Waals surface area contributed by atoms with Crippen molar-refractivity contribution in [2.75, 3.05) is 10.6 Å². The van der Waals surface area contributed by atoms with Gasteiger partial charge in [-0.1, -0.05) is 48.5 Å². The number of benzene rings is 3. The van der Waals surface area contributed by atoms with Gasteiger partial charge in [-0.15, -0.1) is 0 Å². The molecule has 8 nitrogen and oxygen atoms in total. The number of amides is 2. The van der Waals surface area contributed by atoms with E-state index in [0.717, 1.165) is 21.7 Å². The topological polar surface area (TPSA) is 113 Å². The van der Waals surface area contributed by atoms with Gasteiger partial charge in [0.2, 0.25) is 5.95 Å². The van der Waals surface area contributed by atoms with Crippen molar-refractivity contribution in [2.24, 2.45) is 0 Å². The number of anilines is 2. The second-order valence-corrected chi connectivity index (χ2v) is 8.03. The Hall–Kier alpha value is -5.11. The molecule has 3 aromatic carbocycles. The number of nitrogens with zero attached hydrogens (tertiary/aromatic N) is 3. The Balaban J connectivity index is 1.26. The van der Waals surface area contributed by atoms with E-state index in [1.165, 1.54) is 0 Å². The first-order valence-electron chi connectivity index (χ1n) is 10.9. The van der Waals surface area contributed by atoms with Crippen LogP contribution in [0.15, 0.2) is 91.3 Å². The van der Waals surface area contributed by atoms with E-state index in [-0.39, 0.29) is 17.5 Å². The quantitative estimate of drug-likeness (QED) is 0.338. The number of carbonyl (C=O) groups is 2. The van der Waals surface area contributed by atoms with Gasteiger partial charge >= 0.3 is 0 Å². The number of pyridine rings is 2. The van der Waals surface area contributed by atoms with Gasteiger partial charge in [-0.3, -0.25) is 24.9 Å². The van der Waals surface area contributed by atoms with Crippen molar-refractivity contribution in [1.82, 2.24) is 19.9 Å². The highest BCUT2D eigenvalue weighted by molar-refractivity contribution is 6.12. The number of nitrogens with one attached hydrogen (secondary N) is 3. The van der Waals surface area contributed by atoms with Crippen LogP contribution in [-0.4, -0.2) is 31.8 Å². The van der Waals surface area contributed by atoms with E-state index in [0.29, 0.717) is 22.3 Å². The van der Waals surface area contributed by atoms with Crippen LogP contribution in [0.5, 0.6) is 0 Å². The molecule has 0 aliphatic heterocycles. The van der Waals surface area contributed by atoms with E-state index in [2.05, 4.69) is 30.6 Å². The summed E-state index contributed by atoms with van der Waals surface area (Å²) in [5, 5.41) is 8.41. The van der Waals surface area contributed by atoms with Crippen molar-refractivity contribution in [3.63, 3.8) is 0 Å². The summed E-state index contributed by atoms with van der Waals surface area (Å²) in [6.07, 6.45) is 3.28. The smallest absolute Gasteiger partial charge is 0.276 e. The Morgan fingerprint density at radius 1 is 0.714 bits per heavy atom. The molecule has 8 heteroatoms. The highest BCUT2D eigenvalue weighted by Gasteiger charge is 2.16. The van der Waals surface area contributed by atoms with Gasteiger partial charge in [0.05, 0.1) is 28.5 Å². The zero-order chi connectivity index (χ0) is 23.8. The molecule has 0 aliphatic rings. The number of aromatic nitrogens is 4. The number of para-hydroxylation sites is 2. The van der Waals surface area contributed by atoms with Crippen molar-refractivity contribution in [2.45, 2.75) is 0 Å². The summed E-state index contributed by atoms with van der Waals surface area (Å²) < 4.78 is 0. The van der Waals surface area contributed by atoms with Crippen LogP contribution in [0.2, 0.25) is 0 Å². The molecule has 0 bridgehead atoms. The third-order valence-corrected chi connectivity index (χ3v) is 5.70. The second kappa shape index (κ2) is 8.35. The first kappa shape index (κ1) is 20.5. The zero-order valence-corrected chi connectivity index (χ0v) is 18.3. The predicted molar refractivity (Wildman–Crippen MR) is 135 cm³/mol. The maximum atomic E-state index is 13.1. The van der Waals surface area contributed by atoms with Gasteiger partial charge in [0.1, 0.15) is 11.2 Å². The molecule has 6 rings (SSSR count). The largest absolute Gasteiger partial charge is 0.324 e. The van der Waals surface area contributed by atoms with E-state index >= 15 is 0 Å². The Labute approximate surface area is 199 Å². The molecule has 0 atom stereocenters. The van der Waals surface area contributed by atoms with Gasteiger partial charge in [0.25, 0.3) is 11.8 Å². The summed E-state index contributed by atoms with van der Waals surface area (Å²) in [5.74, 6) is -0.496. The SMILES string of the molecule is O=C(Nc1nc2c(C(=O)Nc3cnc4ccccc4c3)cccc2[nH]1)c1cc2ccccc2cn1. The van der Waals surface area contributed by atoms with Gasteiger partial charge in [-0.2, -0.15) is 0 Å². The predicted octanol–water partition coefficient (Wildman–Crippen LogP) is 5.16. The summed E-state index contributed by atoms with van der Waals surface area (Å²) in [5.41, 5.74) is 3.14. The first-order valence-corrected chi connectivity index (χ1v) is 10.9. The number of aromatic amines is 1. The summed E-state index contributed by atoms with van der Waals surface area (Å²) in [4.78, 5) is 42.0. The maximum Gasteiger partial charge on any atom is 0.276 e. The van der Waals surface area contributed by atoms with E-state index in [1.807, 2.05) is 54.6 Å². The Morgan fingerprint density at radius 2 is 1.51 bits per heavy atom. The van der Waals surface area contributed by atoms with Crippen LogP contribution in [-0.2, 0) is 0 Å². The lowest BCUT2D eigenvalue weighted by Crippen LogP contribution is -2.14. The van der Waals surface area contributed by atoms with Crippen LogP contribution >= 0.6 is 0 Å². The molecule has 3 aromatic heterocycles. The monoisotopic (exact) mass is 458 g/mol. The molecule has 0 spiro atoms. The van der Waals surface area contributed by atoms with E-state index in [4.69, 9.17) is 0 Å². The van der Waals surface area contributed by atoms with Gasteiger partial charge in [0.15, 0.2) is 0 Å². The van der Waals surface area contributed by atoms with E-state index < -0.39 is 5.91 Å². The highest BCUT2D eigenvalue weighted by Crippen LogP contribution is 2.22. The minimum Gasteiger partial charge on any atom is -0.324 e. The molecule has 168 valence electrons. The lowest BCUT2D eigenvalue weighted by molar-refractivity contribution is 0.101. The number of imidazole rings is 1. The minimum atomic E-state index is -0.400. The molecule has 0 unspecified atom stereocenters. The first-order chi connectivity index (χ1) is 17.1. The summed E-state index contributed by atoms with van der Waals surface area (Å²) in [6.45, 7) is 0. The normalized spacial score (nSPS) is 11.1. The lowest BCUT2D eigenvalue weighted by atomic mass is 10.1.